The number of hydrogen-bond donors (Lipinski definition) is 0. The van der Waals surface area contributed by atoms with Crippen LogP contribution in [0, 0.1) is 6.92 Å². The lowest BCUT2D eigenvalue weighted by atomic mass is 10.2. The summed E-state index contributed by atoms with van der Waals surface area (Å²) in [5.41, 5.74) is 1.77. The number of rotatable bonds is 3. The van der Waals surface area contributed by atoms with Gasteiger partial charge in [0.25, 0.3) is 5.91 Å². The Bertz CT molecular complexity index is 962. The zero-order chi connectivity index (χ0) is 18.6. The summed E-state index contributed by atoms with van der Waals surface area (Å²) in [6.07, 6.45) is 1.88. The van der Waals surface area contributed by atoms with Crippen molar-refractivity contribution in [1.82, 2.24) is 14.4 Å². The van der Waals surface area contributed by atoms with Gasteiger partial charge in [-0.05, 0) is 26.0 Å². The van der Waals surface area contributed by atoms with Crippen molar-refractivity contribution in [3.05, 3.63) is 36.2 Å². The predicted molar refractivity (Wildman–Crippen MR) is 93.9 cm³/mol. The molecule has 26 heavy (non-hydrogen) atoms. The lowest BCUT2D eigenvalue weighted by Gasteiger charge is -2.30. The molecule has 3 heterocycles. The van der Waals surface area contributed by atoms with Crippen molar-refractivity contribution in [1.29, 1.82) is 0 Å². The fourth-order valence-corrected chi connectivity index (χ4v) is 3.48. The van der Waals surface area contributed by atoms with E-state index in [9.17, 15) is 9.59 Å². The molecule has 2 aliphatic heterocycles. The van der Waals surface area contributed by atoms with E-state index in [1.807, 2.05) is 53.4 Å². The minimum Gasteiger partial charge on any atom is -0.490 e. The number of carbonyl (C=O) groups excluding carboxylic acids is 2. The Morgan fingerprint density at radius 1 is 1.19 bits per heavy atom. The summed E-state index contributed by atoms with van der Waals surface area (Å²) in [6, 6.07) is 6.68. The van der Waals surface area contributed by atoms with E-state index < -0.39 is 6.04 Å². The van der Waals surface area contributed by atoms with Crippen LogP contribution in [0.25, 0.3) is 5.69 Å². The molecule has 1 atom stereocenters. The molecule has 4 rings (SSSR count). The van der Waals surface area contributed by atoms with Gasteiger partial charge in [0.1, 0.15) is 17.6 Å². The second-order valence-corrected chi connectivity index (χ2v) is 6.33. The monoisotopic (exact) mass is 354 g/mol. The molecule has 0 aliphatic carbocycles. The first-order chi connectivity index (χ1) is 12.5. The van der Waals surface area contributed by atoms with E-state index in [1.54, 1.807) is 7.05 Å². The molecule has 0 saturated carbocycles. The first-order valence-corrected chi connectivity index (χ1v) is 8.45. The molecule has 1 saturated heterocycles. The van der Waals surface area contributed by atoms with Gasteiger partial charge < -0.3 is 4.74 Å². The van der Waals surface area contributed by atoms with Gasteiger partial charge in [-0.15, -0.1) is 0 Å². The van der Waals surface area contributed by atoms with Gasteiger partial charge in [0.05, 0.1) is 6.61 Å². The van der Waals surface area contributed by atoms with Gasteiger partial charge in [0.15, 0.2) is 5.75 Å². The number of imide groups is 1. The van der Waals surface area contributed by atoms with Gasteiger partial charge in [-0.3, -0.25) is 14.6 Å². The average Bonchev–Trinajstić information content (AvgIpc) is 3.14. The highest BCUT2D eigenvalue weighted by molar-refractivity contribution is 6.18. The molecule has 1 unspecified atom stereocenters. The average molecular weight is 354 g/mol. The largest absolute Gasteiger partial charge is 0.490 e. The van der Waals surface area contributed by atoms with Crippen molar-refractivity contribution in [3.63, 3.8) is 0 Å². The van der Waals surface area contributed by atoms with Gasteiger partial charge >= 0.3 is 12.0 Å². The highest BCUT2D eigenvalue weighted by Gasteiger charge is 2.52. The number of amidine groups is 1. The zero-order valence-corrected chi connectivity index (χ0v) is 15.1. The number of urea groups is 1. The Balaban J connectivity index is 1.91. The molecule has 0 radical (unpaired) electrons. The van der Waals surface area contributed by atoms with Gasteiger partial charge in [0.2, 0.25) is 11.9 Å². The second kappa shape index (κ2) is 5.69. The maximum absolute atomic E-state index is 12.7. The Kier molecular flexibility index (Phi) is 3.57. The number of hydrogen-bond acceptors (Lipinski definition) is 4. The lowest BCUT2D eigenvalue weighted by molar-refractivity contribution is -0.676. The summed E-state index contributed by atoms with van der Waals surface area (Å²) < 4.78 is 9.51. The number of aromatic nitrogens is 2. The van der Waals surface area contributed by atoms with Gasteiger partial charge in [-0.2, -0.15) is 4.57 Å². The number of carbonyl (C=O) groups is 2. The van der Waals surface area contributed by atoms with Crippen LogP contribution in [-0.4, -0.2) is 52.8 Å². The molecule has 2 aromatic rings. The van der Waals surface area contributed by atoms with Crippen LogP contribution in [0.4, 0.5) is 10.7 Å². The molecule has 1 aromatic heterocycles. The van der Waals surface area contributed by atoms with E-state index in [0.29, 0.717) is 18.4 Å². The molecule has 134 valence electrons. The van der Waals surface area contributed by atoms with Crippen LogP contribution in [0.3, 0.4) is 0 Å². The molecule has 2 aliphatic rings. The molecule has 8 nitrogen and oxygen atoms in total. The number of imidazole rings is 1. The van der Waals surface area contributed by atoms with Crippen molar-refractivity contribution >= 4 is 23.7 Å². The summed E-state index contributed by atoms with van der Waals surface area (Å²) in [5, 5.41) is 0. The molecule has 0 bridgehead atoms. The third-order valence-electron chi connectivity index (χ3n) is 4.73. The molecular formula is C18H20N5O3+. The summed E-state index contributed by atoms with van der Waals surface area (Å²) >= 11 is 0. The Morgan fingerprint density at radius 2 is 1.92 bits per heavy atom. The fourth-order valence-electron chi connectivity index (χ4n) is 3.48. The number of nitrogens with zero attached hydrogens (tertiary/aromatic N) is 5. The van der Waals surface area contributed by atoms with Crippen LogP contribution in [0.1, 0.15) is 18.7 Å². The maximum atomic E-state index is 12.7. The van der Waals surface area contributed by atoms with Crippen LogP contribution >= 0.6 is 0 Å². The SMILES string of the molecule is CCOc1ccccc1-n1c(C)c[n+]2c1N=C1C2C(=O)N(C)C(=O)N1C. The zero-order valence-electron chi connectivity index (χ0n) is 15.1. The van der Waals surface area contributed by atoms with E-state index in [2.05, 4.69) is 4.99 Å². The van der Waals surface area contributed by atoms with Crippen LogP contribution in [0.15, 0.2) is 35.5 Å². The Hall–Kier alpha value is -3.16. The van der Waals surface area contributed by atoms with E-state index >= 15 is 0 Å². The van der Waals surface area contributed by atoms with Crippen molar-refractivity contribution < 1.29 is 18.9 Å². The second-order valence-electron chi connectivity index (χ2n) is 6.33. The third-order valence-corrected chi connectivity index (χ3v) is 4.73. The standard InChI is InChI=1S/C18H20N5O3/c1-5-26-13-9-7-6-8-12(13)23-11(2)10-22-14-15(19-17(22)23)20(3)18(25)21(4)16(14)24/h6-10,14H,5H2,1-4H3/q+1. The van der Waals surface area contributed by atoms with Gasteiger partial charge in [-0.25, -0.2) is 9.36 Å². The van der Waals surface area contributed by atoms with E-state index in [-0.39, 0.29) is 11.9 Å². The fraction of sp³-hybridized carbons (Fsp3) is 0.333. The van der Waals surface area contributed by atoms with Crippen molar-refractivity contribution in [3.8, 4) is 11.4 Å². The first kappa shape index (κ1) is 16.3. The highest BCUT2D eigenvalue weighted by Crippen LogP contribution is 2.33. The number of ether oxygens (including phenoxy) is 1. The number of fused-ring (bicyclic) bond motifs is 3. The topological polar surface area (TPSA) is 71.0 Å². The third kappa shape index (κ3) is 2.08. The minimum atomic E-state index is -0.628. The summed E-state index contributed by atoms with van der Waals surface area (Å²) in [4.78, 5) is 32.1. The van der Waals surface area contributed by atoms with Gasteiger partial charge in [0, 0.05) is 14.1 Å². The first-order valence-electron chi connectivity index (χ1n) is 8.45. The van der Waals surface area contributed by atoms with E-state index in [0.717, 1.165) is 22.0 Å². The summed E-state index contributed by atoms with van der Waals surface area (Å²) in [7, 11) is 3.12. The molecule has 1 fully saturated rings. The smallest absolute Gasteiger partial charge is 0.407 e. The number of para-hydroxylation sites is 2. The summed E-state index contributed by atoms with van der Waals surface area (Å²) in [6.45, 7) is 4.43. The highest BCUT2D eigenvalue weighted by atomic mass is 16.5. The van der Waals surface area contributed by atoms with Crippen LogP contribution < -0.4 is 9.30 Å². The number of amides is 3. The Morgan fingerprint density at radius 3 is 2.65 bits per heavy atom. The molecular weight excluding hydrogens is 334 g/mol. The molecule has 0 spiro atoms. The van der Waals surface area contributed by atoms with Crippen molar-refractivity contribution in [2.24, 2.45) is 4.99 Å². The van der Waals surface area contributed by atoms with Crippen LogP contribution in [-0.2, 0) is 4.79 Å². The lowest BCUT2D eigenvalue weighted by Crippen LogP contribution is -2.61. The van der Waals surface area contributed by atoms with Gasteiger partial charge in [-0.1, -0.05) is 17.1 Å². The van der Waals surface area contributed by atoms with Crippen LogP contribution in [0.2, 0.25) is 0 Å². The number of aliphatic imine (C=N–C) groups is 1. The maximum Gasteiger partial charge on any atom is 0.407 e. The number of aryl methyl sites for hydroxylation is 1. The van der Waals surface area contributed by atoms with Crippen molar-refractivity contribution in [2.45, 2.75) is 19.9 Å². The molecule has 1 aromatic carbocycles. The minimum absolute atomic E-state index is 0.286. The molecule has 3 amide bonds. The quantitative estimate of drug-likeness (QED) is 0.786. The predicted octanol–water partition coefficient (Wildman–Crippen LogP) is 1.58. The normalized spacial score (nSPS) is 18.8. The van der Waals surface area contributed by atoms with E-state index in [1.165, 1.54) is 11.9 Å². The van der Waals surface area contributed by atoms with Crippen molar-refractivity contribution in [2.75, 3.05) is 20.7 Å². The summed E-state index contributed by atoms with van der Waals surface area (Å²) in [5.74, 6) is 1.49. The number of likely N-dealkylation sites (N-methyl/N-ethyl adjacent to an activating group) is 2. The molecule has 0 N–H and O–H groups in total. The molecule has 8 heteroatoms. The van der Waals surface area contributed by atoms with Crippen LogP contribution in [0.5, 0.6) is 5.75 Å². The number of benzene rings is 1. The van der Waals surface area contributed by atoms with E-state index in [4.69, 9.17) is 4.74 Å². The Labute approximate surface area is 150 Å².